The Morgan fingerprint density at radius 1 is 1.14 bits per heavy atom. The van der Waals surface area contributed by atoms with Crippen LogP contribution in [0.1, 0.15) is 12.0 Å². The van der Waals surface area contributed by atoms with Gasteiger partial charge in [0, 0.05) is 38.3 Å². The van der Waals surface area contributed by atoms with Crippen molar-refractivity contribution in [3.05, 3.63) is 29.8 Å². The molecule has 3 rings (SSSR count). The van der Waals surface area contributed by atoms with Crippen molar-refractivity contribution in [3.8, 4) is 0 Å². The van der Waals surface area contributed by atoms with Crippen LogP contribution in [0.15, 0.2) is 24.3 Å². The molecule has 0 radical (unpaired) electrons. The first kappa shape index (κ1) is 17.0. The molecular weight excluding hydrogens is 300 g/mol. The van der Waals surface area contributed by atoms with Crippen molar-refractivity contribution in [1.82, 2.24) is 9.34 Å². The maximum absolute atomic E-state index is 12.9. The van der Waals surface area contributed by atoms with Gasteiger partial charge in [-0.1, -0.05) is 12.1 Å². The molecule has 0 saturated carbocycles. The Morgan fingerprint density at radius 3 is 2.10 bits per heavy atom. The van der Waals surface area contributed by atoms with Crippen LogP contribution >= 0.6 is 7.59 Å². The molecule has 8 heteroatoms. The van der Waals surface area contributed by atoms with Gasteiger partial charge in [0.25, 0.3) is 0 Å². The van der Waals surface area contributed by atoms with Gasteiger partial charge in [0.1, 0.15) is 0 Å². The predicted molar refractivity (Wildman–Crippen MR) is 76.8 cm³/mol. The molecule has 21 heavy (non-hydrogen) atoms. The molecule has 108 valence electrons. The maximum atomic E-state index is 12.9. The fourth-order valence-corrected chi connectivity index (χ4v) is 4.51. The Balaban J connectivity index is 0.00000161. The largest absolute Gasteiger partial charge is 1.00 e. The average Bonchev–Trinajstić information content (AvgIpc) is 3.30. The molecule has 2 heterocycles. The van der Waals surface area contributed by atoms with Crippen molar-refractivity contribution in [2.45, 2.75) is 12.8 Å². The quantitative estimate of drug-likeness (QED) is 0.376. The van der Waals surface area contributed by atoms with E-state index in [2.05, 4.69) is 5.09 Å². The van der Waals surface area contributed by atoms with Crippen molar-refractivity contribution in [3.63, 3.8) is 0 Å². The Labute approximate surface area is 146 Å². The van der Waals surface area contributed by atoms with Crippen LogP contribution in [0.2, 0.25) is 0 Å². The standard InChI is InChI=1S/C13H18N3O3P.Na/c17-13(18)6-3-11-1-4-12(5-2-11)14-20(19,15-7-8-15)16-9-10-16;/h1-2,4-5H,3,6-10H2,(H,14,19)(H,17,18);/q;+1. The number of nitrogens with one attached hydrogen (secondary N) is 1. The summed E-state index contributed by atoms with van der Waals surface area (Å²) in [4.78, 5) is 10.5. The summed E-state index contributed by atoms with van der Waals surface area (Å²) in [5, 5.41) is 11.8. The number of rotatable bonds is 7. The third kappa shape index (κ3) is 4.31. The van der Waals surface area contributed by atoms with Gasteiger partial charge >= 0.3 is 43.1 Å². The molecule has 0 spiro atoms. The molecule has 6 nitrogen and oxygen atoms in total. The minimum absolute atomic E-state index is 0. The molecular formula is C13H18N3NaO3P+. The zero-order valence-electron chi connectivity index (χ0n) is 12.2. The zero-order chi connectivity index (χ0) is 14.2. The smallest absolute Gasteiger partial charge is 0.481 e. The first-order valence-corrected chi connectivity index (χ1v) is 8.39. The topological polar surface area (TPSA) is 72.4 Å². The van der Waals surface area contributed by atoms with E-state index < -0.39 is 13.6 Å². The molecule has 2 aliphatic heterocycles. The van der Waals surface area contributed by atoms with Gasteiger partial charge in [-0.3, -0.25) is 9.36 Å². The minimum atomic E-state index is -2.59. The zero-order valence-corrected chi connectivity index (χ0v) is 15.1. The van der Waals surface area contributed by atoms with E-state index in [-0.39, 0.29) is 36.0 Å². The van der Waals surface area contributed by atoms with E-state index >= 15 is 0 Å². The van der Waals surface area contributed by atoms with Gasteiger partial charge in [-0.05, 0) is 24.1 Å². The van der Waals surface area contributed by atoms with Crippen molar-refractivity contribution in [2.75, 3.05) is 31.3 Å². The number of hydrogen-bond acceptors (Lipinski definition) is 2. The monoisotopic (exact) mass is 318 g/mol. The summed E-state index contributed by atoms with van der Waals surface area (Å²) in [7, 11) is -2.59. The normalized spacial score (nSPS) is 17.9. The summed E-state index contributed by atoms with van der Waals surface area (Å²) < 4.78 is 16.8. The summed E-state index contributed by atoms with van der Waals surface area (Å²) in [6.07, 6.45) is 0.651. The average molecular weight is 318 g/mol. The van der Waals surface area contributed by atoms with E-state index in [9.17, 15) is 9.36 Å². The Morgan fingerprint density at radius 2 is 1.67 bits per heavy atom. The van der Waals surface area contributed by atoms with Crippen LogP contribution in [-0.2, 0) is 15.8 Å². The molecule has 0 aliphatic carbocycles. The van der Waals surface area contributed by atoms with Crippen molar-refractivity contribution in [1.29, 1.82) is 0 Å². The summed E-state index contributed by atoms with van der Waals surface area (Å²) in [5.74, 6) is -0.792. The van der Waals surface area contributed by atoms with Gasteiger partial charge in [-0.15, -0.1) is 0 Å². The van der Waals surface area contributed by atoms with E-state index in [0.29, 0.717) is 6.42 Å². The van der Waals surface area contributed by atoms with Gasteiger partial charge in [-0.25, -0.2) is 9.34 Å². The first-order chi connectivity index (χ1) is 9.58. The molecule has 2 saturated heterocycles. The van der Waals surface area contributed by atoms with Gasteiger partial charge in [-0.2, -0.15) is 0 Å². The Kier molecular flexibility index (Phi) is 5.52. The van der Waals surface area contributed by atoms with Gasteiger partial charge in [0.2, 0.25) is 0 Å². The number of benzene rings is 1. The van der Waals surface area contributed by atoms with Crippen molar-refractivity contribution < 1.29 is 44.0 Å². The SMILES string of the molecule is O=C(O)CCc1ccc(NP(=O)(N2CC2)N2CC2)cc1.[Na+]. The summed E-state index contributed by atoms with van der Waals surface area (Å²) in [5.41, 5.74) is 1.80. The Bertz CT molecular complexity index is 542. The third-order valence-corrected chi connectivity index (χ3v) is 6.35. The molecule has 0 bridgehead atoms. The molecule has 2 aliphatic rings. The van der Waals surface area contributed by atoms with Crippen LogP contribution in [-0.4, -0.2) is 46.6 Å². The number of carboxylic acids is 1. The summed E-state index contributed by atoms with van der Waals surface area (Å²) in [6.45, 7) is 3.55. The fraction of sp³-hybridized carbons (Fsp3) is 0.462. The Hall–Kier alpha value is -0.360. The maximum Gasteiger partial charge on any atom is 1.00 e. The van der Waals surface area contributed by atoms with Crippen LogP contribution < -0.4 is 34.6 Å². The molecule has 2 fully saturated rings. The molecule has 1 aromatic rings. The third-order valence-electron chi connectivity index (χ3n) is 3.47. The van der Waals surface area contributed by atoms with Crippen molar-refractivity contribution >= 4 is 19.3 Å². The second-order valence-corrected chi connectivity index (χ2v) is 7.60. The van der Waals surface area contributed by atoms with Crippen LogP contribution in [0.4, 0.5) is 5.69 Å². The molecule has 0 amide bonds. The molecule has 0 atom stereocenters. The first-order valence-electron chi connectivity index (χ1n) is 6.78. The predicted octanol–water partition coefficient (Wildman–Crippen LogP) is -1.14. The number of carbonyl (C=O) groups is 1. The second kappa shape index (κ2) is 6.82. The van der Waals surface area contributed by atoms with E-state index in [1.165, 1.54) is 0 Å². The van der Waals surface area contributed by atoms with Crippen LogP contribution in [0, 0.1) is 0 Å². The van der Waals surface area contributed by atoms with E-state index in [4.69, 9.17) is 5.11 Å². The summed E-state index contributed by atoms with van der Waals surface area (Å²) >= 11 is 0. The summed E-state index contributed by atoms with van der Waals surface area (Å²) in [6, 6.07) is 7.52. The molecule has 1 aromatic carbocycles. The molecule has 0 unspecified atom stereocenters. The minimum Gasteiger partial charge on any atom is -0.481 e. The van der Waals surface area contributed by atoms with Gasteiger partial charge in [0.05, 0.1) is 0 Å². The van der Waals surface area contributed by atoms with Gasteiger partial charge in [0.15, 0.2) is 0 Å². The molecule has 2 N–H and O–H groups in total. The number of aryl methyl sites for hydroxylation is 1. The van der Waals surface area contributed by atoms with Crippen LogP contribution in [0.5, 0.6) is 0 Å². The number of hydrogen-bond donors (Lipinski definition) is 2. The van der Waals surface area contributed by atoms with Crippen LogP contribution in [0.3, 0.4) is 0 Å². The van der Waals surface area contributed by atoms with E-state index in [1.807, 2.05) is 33.6 Å². The second-order valence-electron chi connectivity index (χ2n) is 5.15. The number of anilines is 1. The number of nitrogens with zero attached hydrogens (tertiary/aromatic N) is 2. The number of aliphatic carboxylic acids is 1. The molecule has 0 aromatic heterocycles. The van der Waals surface area contributed by atoms with Gasteiger partial charge < -0.3 is 10.2 Å². The van der Waals surface area contributed by atoms with Crippen molar-refractivity contribution in [2.24, 2.45) is 0 Å². The van der Waals surface area contributed by atoms with E-state index in [1.54, 1.807) is 0 Å². The number of carboxylic acid groups (broad SMARTS) is 1. The van der Waals surface area contributed by atoms with E-state index in [0.717, 1.165) is 37.4 Å². The fourth-order valence-electron chi connectivity index (χ4n) is 2.12. The van der Waals surface area contributed by atoms with Crippen LogP contribution in [0.25, 0.3) is 0 Å².